The fourth-order valence-electron chi connectivity index (χ4n) is 4.00. The van der Waals surface area contributed by atoms with Crippen LogP contribution in [0.3, 0.4) is 0 Å². The van der Waals surface area contributed by atoms with E-state index in [1.54, 1.807) is 6.07 Å². The number of hydrogen-bond donors (Lipinski definition) is 1. The first-order valence-corrected chi connectivity index (χ1v) is 10.5. The highest BCUT2D eigenvalue weighted by atomic mass is 16.4. The van der Waals surface area contributed by atoms with Crippen LogP contribution in [0.5, 0.6) is 0 Å². The van der Waals surface area contributed by atoms with Crippen LogP contribution < -0.4 is 5.32 Å². The molecular weight excluding hydrogens is 376 g/mol. The molecule has 0 aliphatic carbocycles. The third-order valence-electron chi connectivity index (χ3n) is 5.62. The highest BCUT2D eigenvalue weighted by Crippen LogP contribution is 2.33. The van der Waals surface area contributed by atoms with Crippen molar-refractivity contribution in [3.63, 3.8) is 0 Å². The van der Waals surface area contributed by atoms with E-state index in [9.17, 15) is 4.79 Å². The van der Waals surface area contributed by atoms with E-state index in [-0.39, 0.29) is 11.9 Å². The number of fused-ring (bicyclic) bond motifs is 1. The average molecular weight is 407 g/mol. The van der Waals surface area contributed by atoms with Gasteiger partial charge in [0.2, 0.25) is 0 Å². The van der Waals surface area contributed by atoms with Crippen LogP contribution in [0.2, 0.25) is 0 Å². The van der Waals surface area contributed by atoms with Crippen molar-refractivity contribution >= 4 is 5.91 Å². The molecule has 0 fully saturated rings. The molecule has 1 N–H and O–H groups in total. The molecule has 0 bridgehead atoms. The van der Waals surface area contributed by atoms with Crippen molar-refractivity contribution in [2.24, 2.45) is 0 Å². The van der Waals surface area contributed by atoms with Crippen LogP contribution >= 0.6 is 0 Å². The van der Waals surface area contributed by atoms with Gasteiger partial charge in [0.05, 0.1) is 12.6 Å². The van der Waals surface area contributed by atoms with Gasteiger partial charge in [-0.25, -0.2) is 0 Å². The Balaban J connectivity index is 1.50. The molecule has 1 unspecified atom stereocenters. The molecule has 0 saturated heterocycles. The normalized spacial score (nSPS) is 16.6. The van der Waals surface area contributed by atoms with Gasteiger partial charge in [0.1, 0.15) is 5.76 Å². The molecule has 4 rings (SSSR count). The number of hydrogen-bond acceptors (Lipinski definition) is 4. The van der Waals surface area contributed by atoms with Gasteiger partial charge in [0.15, 0.2) is 5.76 Å². The summed E-state index contributed by atoms with van der Waals surface area (Å²) in [5.74, 6) is 1.02. The monoisotopic (exact) mass is 406 g/mol. The second-order valence-electron chi connectivity index (χ2n) is 8.24. The SMILES string of the molecule is Cc1ccc(C2c3cccn3CCN2Cc2ccc(C(=O)NCCN(C)C)o2)cc1. The summed E-state index contributed by atoms with van der Waals surface area (Å²) in [5.41, 5.74) is 3.82. The molecule has 3 aromatic rings. The molecule has 0 spiro atoms. The van der Waals surface area contributed by atoms with Crippen LogP contribution in [0.15, 0.2) is 59.1 Å². The highest BCUT2D eigenvalue weighted by molar-refractivity contribution is 5.91. The van der Waals surface area contributed by atoms with E-state index in [0.717, 1.165) is 25.4 Å². The summed E-state index contributed by atoms with van der Waals surface area (Å²) < 4.78 is 8.23. The van der Waals surface area contributed by atoms with Crippen LogP contribution in [0.25, 0.3) is 0 Å². The number of nitrogens with zero attached hydrogens (tertiary/aromatic N) is 3. The maximum Gasteiger partial charge on any atom is 0.287 e. The molecule has 3 heterocycles. The van der Waals surface area contributed by atoms with E-state index < -0.39 is 0 Å². The minimum atomic E-state index is -0.161. The third kappa shape index (κ3) is 4.50. The Hall–Kier alpha value is -2.83. The lowest BCUT2D eigenvalue weighted by Gasteiger charge is -2.37. The lowest BCUT2D eigenvalue weighted by atomic mass is 9.99. The largest absolute Gasteiger partial charge is 0.455 e. The Bertz CT molecular complexity index is 987. The van der Waals surface area contributed by atoms with Gasteiger partial charge in [-0.05, 0) is 50.8 Å². The van der Waals surface area contributed by atoms with Crippen molar-refractivity contribution in [2.75, 3.05) is 33.7 Å². The third-order valence-corrected chi connectivity index (χ3v) is 5.62. The van der Waals surface area contributed by atoms with Crippen molar-refractivity contribution in [1.82, 2.24) is 19.7 Å². The quantitative estimate of drug-likeness (QED) is 0.654. The summed E-state index contributed by atoms with van der Waals surface area (Å²) >= 11 is 0. The first kappa shape index (κ1) is 20.4. The van der Waals surface area contributed by atoms with Gasteiger partial charge in [-0.2, -0.15) is 0 Å². The number of rotatable bonds is 7. The first-order valence-electron chi connectivity index (χ1n) is 10.5. The zero-order valence-corrected chi connectivity index (χ0v) is 18.0. The maximum atomic E-state index is 12.3. The second-order valence-corrected chi connectivity index (χ2v) is 8.24. The fourth-order valence-corrected chi connectivity index (χ4v) is 4.00. The average Bonchev–Trinajstić information content (AvgIpc) is 3.38. The van der Waals surface area contributed by atoms with E-state index in [1.165, 1.54) is 16.8 Å². The van der Waals surface area contributed by atoms with E-state index >= 15 is 0 Å². The molecular formula is C24H30N4O2. The van der Waals surface area contributed by atoms with Gasteiger partial charge in [-0.1, -0.05) is 29.8 Å². The number of aryl methyl sites for hydroxylation is 1. The summed E-state index contributed by atoms with van der Waals surface area (Å²) in [4.78, 5) is 16.8. The van der Waals surface area contributed by atoms with Gasteiger partial charge in [-0.15, -0.1) is 0 Å². The van der Waals surface area contributed by atoms with Crippen LogP contribution in [0.1, 0.15) is 39.2 Å². The zero-order chi connectivity index (χ0) is 21.1. The van der Waals surface area contributed by atoms with Gasteiger partial charge in [0, 0.05) is 38.1 Å². The van der Waals surface area contributed by atoms with Gasteiger partial charge in [-0.3, -0.25) is 9.69 Å². The summed E-state index contributed by atoms with van der Waals surface area (Å²) in [6.07, 6.45) is 2.15. The van der Waals surface area contributed by atoms with Gasteiger partial charge < -0.3 is 19.2 Å². The summed E-state index contributed by atoms with van der Waals surface area (Å²) in [6.45, 7) is 6.04. The number of amides is 1. The molecule has 158 valence electrons. The molecule has 0 radical (unpaired) electrons. The smallest absolute Gasteiger partial charge is 0.287 e. The number of likely N-dealkylation sites (N-methyl/N-ethyl adjacent to an activating group) is 1. The Morgan fingerprint density at radius 1 is 1.13 bits per heavy atom. The van der Waals surface area contributed by atoms with E-state index in [0.29, 0.717) is 18.8 Å². The van der Waals surface area contributed by atoms with Crippen molar-refractivity contribution in [3.8, 4) is 0 Å². The molecule has 1 atom stereocenters. The number of furan rings is 1. The van der Waals surface area contributed by atoms with E-state index in [2.05, 4.69) is 64.3 Å². The number of benzene rings is 1. The van der Waals surface area contributed by atoms with Crippen LogP contribution in [0.4, 0.5) is 0 Å². The predicted molar refractivity (Wildman–Crippen MR) is 117 cm³/mol. The first-order chi connectivity index (χ1) is 14.5. The predicted octanol–water partition coefficient (Wildman–Crippen LogP) is 3.29. The van der Waals surface area contributed by atoms with Crippen molar-refractivity contribution in [3.05, 3.63) is 83.1 Å². The molecule has 0 saturated carbocycles. The number of aromatic nitrogens is 1. The zero-order valence-electron chi connectivity index (χ0n) is 18.0. The van der Waals surface area contributed by atoms with Crippen molar-refractivity contribution in [2.45, 2.75) is 26.1 Å². The topological polar surface area (TPSA) is 53.7 Å². The lowest BCUT2D eigenvalue weighted by Crippen LogP contribution is -2.37. The molecule has 30 heavy (non-hydrogen) atoms. The minimum Gasteiger partial charge on any atom is -0.455 e. The lowest BCUT2D eigenvalue weighted by molar-refractivity contribution is 0.0916. The van der Waals surface area contributed by atoms with E-state index in [4.69, 9.17) is 4.42 Å². The van der Waals surface area contributed by atoms with E-state index in [1.807, 2.05) is 25.1 Å². The molecule has 1 aliphatic rings. The Morgan fingerprint density at radius 3 is 2.70 bits per heavy atom. The summed E-state index contributed by atoms with van der Waals surface area (Å²) in [5, 5.41) is 2.91. The summed E-state index contributed by atoms with van der Waals surface area (Å²) in [7, 11) is 3.97. The van der Waals surface area contributed by atoms with Crippen molar-refractivity contribution < 1.29 is 9.21 Å². The second kappa shape index (κ2) is 8.90. The Kier molecular flexibility index (Phi) is 6.06. The molecule has 2 aromatic heterocycles. The Labute approximate surface area is 178 Å². The van der Waals surface area contributed by atoms with Gasteiger partial charge in [0.25, 0.3) is 5.91 Å². The molecule has 1 aromatic carbocycles. The highest BCUT2D eigenvalue weighted by Gasteiger charge is 2.29. The standard InChI is InChI=1S/C24H30N4O2/c1-18-6-8-19(9-7-18)23-21-5-4-13-27(21)15-16-28(23)17-20-10-11-22(30-20)24(29)25-12-14-26(2)3/h4-11,13,23H,12,14-17H2,1-3H3,(H,25,29). The van der Waals surface area contributed by atoms with Gasteiger partial charge >= 0.3 is 0 Å². The number of carbonyl (C=O) groups is 1. The van der Waals surface area contributed by atoms with Crippen molar-refractivity contribution in [1.29, 1.82) is 0 Å². The summed E-state index contributed by atoms with van der Waals surface area (Å²) in [6, 6.07) is 16.9. The molecule has 6 nitrogen and oxygen atoms in total. The molecule has 1 aliphatic heterocycles. The molecule has 1 amide bonds. The van der Waals surface area contributed by atoms with Crippen LogP contribution in [-0.2, 0) is 13.1 Å². The maximum absolute atomic E-state index is 12.3. The number of carbonyl (C=O) groups excluding carboxylic acids is 1. The minimum absolute atomic E-state index is 0.161. The fraction of sp³-hybridized carbons (Fsp3) is 0.375. The van der Waals surface area contributed by atoms with Crippen LogP contribution in [0, 0.1) is 6.92 Å². The number of nitrogens with one attached hydrogen (secondary N) is 1. The molecule has 6 heteroatoms. The Morgan fingerprint density at radius 2 is 1.93 bits per heavy atom. The van der Waals surface area contributed by atoms with Crippen LogP contribution in [-0.4, -0.2) is 54.0 Å².